The topological polar surface area (TPSA) is 54.8 Å². The monoisotopic (exact) mass is 606 g/mol. The zero-order valence-corrected chi connectivity index (χ0v) is 27.5. The number of benzene rings is 5. The van der Waals surface area contributed by atoms with Gasteiger partial charge in [0.05, 0.1) is 42.0 Å². The van der Waals surface area contributed by atoms with Crippen LogP contribution in [-0.2, 0) is 5.41 Å². The fourth-order valence-corrected chi connectivity index (χ4v) is 8.01. The van der Waals surface area contributed by atoms with Crippen LogP contribution >= 0.6 is 0 Å². The van der Waals surface area contributed by atoms with Gasteiger partial charge < -0.3 is 4.42 Å². The molecule has 0 radical (unpaired) electrons. The maximum atomic E-state index is 9.91. The van der Waals surface area contributed by atoms with E-state index in [2.05, 4.69) is 112 Å². The molecule has 0 N–H and O–H groups in total. The lowest BCUT2D eigenvalue weighted by Crippen LogP contribution is -2.38. The van der Waals surface area contributed by atoms with Crippen LogP contribution in [0.5, 0.6) is 0 Å². The predicted molar refractivity (Wildman–Crippen MR) is 190 cm³/mol. The largest absolute Gasteiger partial charge is 0.455 e. The summed E-state index contributed by atoms with van der Waals surface area (Å²) >= 11 is 0. The Morgan fingerprint density at radius 2 is 1.60 bits per heavy atom. The normalized spacial score (nSPS) is 13.6. The summed E-state index contributed by atoms with van der Waals surface area (Å²) in [6.07, 6.45) is 0. The van der Waals surface area contributed by atoms with Crippen molar-refractivity contribution in [1.29, 1.82) is 5.26 Å². The zero-order valence-electron chi connectivity index (χ0n) is 29.5. The molecule has 7 rings (SSSR count). The molecule has 0 saturated heterocycles. The molecule has 0 saturated carbocycles. The van der Waals surface area contributed by atoms with Gasteiger partial charge in [-0.05, 0) is 76.6 Å². The molecule has 0 aliphatic carbocycles. The summed E-state index contributed by atoms with van der Waals surface area (Å²) in [4.78, 5) is 5.23. The first-order valence-corrected chi connectivity index (χ1v) is 18.8. The Labute approximate surface area is 269 Å². The van der Waals surface area contributed by atoms with E-state index >= 15 is 0 Å². The van der Waals surface area contributed by atoms with E-state index in [0.29, 0.717) is 16.8 Å². The van der Waals surface area contributed by atoms with Crippen LogP contribution in [0, 0.1) is 18.2 Å². The number of hydrogen-bond donors (Lipinski definition) is 0. The zero-order chi connectivity index (χ0) is 34.2. The predicted octanol–water partition coefficient (Wildman–Crippen LogP) is 10.3. The molecule has 5 aromatic carbocycles. The lowest BCUT2D eigenvalue weighted by molar-refractivity contribution is 0.587. The summed E-state index contributed by atoms with van der Waals surface area (Å²) in [5.74, 6) is 0.705. The SMILES string of the molecule is [2H]C([2H])([2H])c1c(C#N)ccc2c1oc1c(-c3nc4ccccc4n3-c3ccc(-c4ccccc4)cc3C(C)(C)C)ccc([Si](C)(C)C)c12. The lowest BCUT2D eigenvalue weighted by Gasteiger charge is -2.26. The minimum atomic E-state index is -2.53. The molecule has 2 aromatic heterocycles. The van der Waals surface area contributed by atoms with Crippen molar-refractivity contribution >= 4 is 46.2 Å². The summed E-state index contributed by atoms with van der Waals surface area (Å²) in [5.41, 5.74) is 7.69. The molecule has 5 heteroatoms. The van der Waals surface area contributed by atoms with Crippen molar-refractivity contribution < 1.29 is 8.53 Å². The molecule has 222 valence electrons. The molecule has 0 atom stereocenters. The average Bonchev–Trinajstić information content (AvgIpc) is 3.61. The second-order valence-electron chi connectivity index (χ2n) is 13.8. The minimum absolute atomic E-state index is 0.0498. The van der Waals surface area contributed by atoms with Crippen molar-refractivity contribution in [1.82, 2.24) is 9.55 Å². The van der Waals surface area contributed by atoms with E-state index < -0.39 is 14.9 Å². The molecule has 0 unspecified atom stereocenters. The number of para-hydroxylation sites is 2. The maximum Gasteiger partial charge on any atom is 0.149 e. The number of fused-ring (bicyclic) bond motifs is 4. The lowest BCUT2D eigenvalue weighted by atomic mass is 9.83. The van der Waals surface area contributed by atoms with E-state index in [4.69, 9.17) is 13.5 Å². The smallest absolute Gasteiger partial charge is 0.149 e. The Balaban J connectivity index is 1.61. The van der Waals surface area contributed by atoms with Crippen LogP contribution in [0.4, 0.5) is 0 Å². The van der Waals surface area contributed by atoms with Crippen LogP contribution in [0.25, 0.3) is 61.2 Å². The number of aromatic nitrogens is 2. The first-order valence-electron chi connectivity index (χ1n) is 16.8. The molecular weight excluding hydrogens is 567 g/mol. The third-order valence-corrected chi connectivity index (χ3v) is 10.7. The third-order valence-electron chi connectivity index (χ3n) is 8.67. The van der Waals surface area contributed by atoms with Crippen molar-refractivity contribution in [3.63, 3.8) is 0 Å². The van der Waals surface area contributed by atoms with Crippen molar-refractivity contribution in [2.75, 3.05) is 0 Å². The van der Waals surface area contributed by atoms with Gasteiger partial charge in [0, 0.05) is 20.4 Å². The van der Waals surface area contributed by atoms with Crippen LogP contribution < -0.4 is 5.19 Å². The van der Waals surface area contributed by atoms with Gasteiger partial charge >= 0.3 is 0 Å². The number of nitriles is 1. The van der Waals surface area contributed by atoms with Crippen LogP contribution in [-0.4, -0.2) is 17.6 Å². The quantitative estimate of drug-likeness (QED) is 0.187. The van der Waals surface area contributed by atoms with E-state index in [9.17, 15) is 5.26 Å². The Hall–Kier alpha value is -4.92. The highest BCUT2D eigenvalue weighted by molar-refractivity contribution is 6.90. The van der Waals surface area contributed by atoms with Crippen LogP contribution in [0.15, 0.2) is 101 Å². The molecule has 2 heterocycles. The van der Waals surface area contributed by atoms with Gasteiger partial charge in [-0.1, -0.05) is 95.0 Å². The molecule has 0 aliphatic heterocycles. The molecule has 0 bridgehead atoms. The molecule has 7 aromatic rings. The van der Waals surface area contributed by atoms with Crippen molar-refractivity contribution in [3.8, 4) is 34.3 Å². The average molecular weight is 607 g/mol. The second-order valence-corrected chi connectivity index (χ2v) is 18.8. The molecule has 4 nitrogen and oxygen atoms in total. The molecule has 0 amide bonds. The van der Waals surface area contributed by atoms with Gasteiger partial charge in [0.15, 0.2) is 0 Å². The number of furan rings is 1. The summed E-state index contributed by atoms with van der Waals surface area (Å²) in [5, 5.41) is 12.7. The fourth-order valence-electron chi connectivity index (χ4n) is 6.43. The Morgan fingerprint density at radius 1 is 0.844 bits per heavy atom. The molecular formula is C40H37N3OSi. The van der Waals surface area contributed by atoms with Gasteiger partial charge in [-0.2, -0.15) is 5.26 Å². The Kier molecular flexibility index (Phi) is 5.83. The summed E-state index contributed by atoms with van der Waals surface area (Å²) in [6.45, 7) is 11.0. The van der Waals surface area contributed by atoms with E-state index in [1.54, 1.807) is 6.07 Å². The van der Waals surface area contributed by atoms with E-state index in [1.807, 2.05) is 30.3 Å². The van der Waals surface area contributed by atoms with E-state index in [1.165, 1.54) is 0 Å². The van der Waals surface area contributed by atoms with Gasteiger partial charge in [0.1, 0.15) is 17.0 Å². The highest BCUT2D eigenvalue weighted by Gasteiger charge is 2.29. The molecule has 45 heavy (non-hydrogen) atoms. The van der Waals surface area contributed by atoms with E-state index in [0.717, 1.165) is 49.5 Å². The molecule has 0 aliphatic rings. The number of hydrogen-bond acceptors (Lipinski definition) is 3. The van der Waals surface area contributed by atoms with Crippen molar-refractivity contribution in [2.24, 2.45) is 0 Å². The Morgan fingerprint density at radius 3 is 2.31 bits per heavy atom. The number of rotatable bonds is 4. The Bertz CT molecular complexity index is 2420. The molecule has 0 fully saturated rings. The number of nitrogens with zero attached hydrogens (tertiary/aromatic N) is 3. The third kappa shape index (κ3) is 4.69. The van der Waals surface area contributed by atoms with E-state index in [-0.39, 0.29) is 22.1 Å². The number of imidazole rings is 1. The second kappa shape index (κ2) is 10.3. The van der Waals surface area contributed by atoms with Gasteiger partial charge in [0.2, 0.25) is 0 Å². The van der Waals surface area contributed by atoms with Crippen LogP contribution in [0.1, 0.15) is 41.6 Å². The summed E-state index contributed by atoms with van der Waals surface area (Å²) in [6, 6.07) is 34.9. The molecule has 0 spiro atoms. The highest BCUT2D eigenvalue weighted by Crippen LogP contribution is 2.41. The summed E-state index contributed by atoms with van der Waals surface area (Å²) < 4.78 is 34.0. The van der Waals surface area contributed by atoms with Crippen LogP contribution in [0.3, 0.4) is 0 Å². The first kappa shape index (κ1) is 25.4. The van der Waals surface area contributed by atoms with Gasteiger partial charge in [0.25, 0.3) is 0 Å². The van der Waals surface area contributed by atoms with Crippen molar-refractivity contribution in [3.05, 3.63) is 114 Å². The van der Waals surface area contributed by atoms with Gasteiger partial charge in [-0.25, -0.2) is 4.98 Å². The number of aryl methyl sites for hydroxylation is 1. The van der Waals surface area contributed by atoms with Gasteiger partial charge in [-0.15, -0.1) is 0 Å². The maximum absolute atomic E-state index is 9.91. The van der Waals surface area contributed by atoms with Crippen LogP contribution in [0.2, 0.25) is 19.6 Å². The minimum Gasteiger partial charge on any atom is -0.455 e. The first-order chi connectivity index (χ1) is 22.7. The fraction of sp³-hybridized carbons (Fsp3) is 0.200. The van der Waals surface area contributed by atoms with Gasteiger partial charge in [-0.3, -0.25) is 4.57 Å². The highest BCUT2D eigenvalue weighted by atomic mass is 28.3. The standard InChI is InChI=1S/C40H37N3OSi/c1-25-28(24-41)17-19-29-36-35(45(5,6)7)22-20-30(38(36)44-37(25)29)39-42-32-15-11-12-16-34(32)43(39)33-21-18-27(23-31(33)40(2,3)4)26-13-9-8-10-14-26/h8-23H,1-7H3/i1D3. The van der Waals surface area contributed by atoms with Crippen molar-refractivity contribution in [2.45, 2.75) is 52.7 Å². The summed E-state index contributed by atoms with van der Waals surface area (Å²) in [7, 11) is -1.96.